The molecule has 9 heteroatoms. The minimum atomic E-state index is -0.846. The predicted molar refractivity (Wildman–Crippen MR) is 111 cm³/mol. The van der Waals surface area contributed by atoms with Crippen molar-refractivity contribution in [3.63, 3.8) is 0 Å². The standard InChI is InChI=1S/C22H27NO8/c1-26-14-18-19(27-2)20(28-3)21(29-13-15-7-5-4-6-8-15)22(31-18)30-17-11-9-16(10-12-17)23(24)25/h4-12,18-22H,13-14H2,1-3H3/t18-,19+,20+,21-,22+/m1/s1. The summed E-state index contributed by atoms with van der Waals surface area (Å²) in [6.45, 7) is 0.587. The average Bonchev–Trinajstić information content (AvgIpc) is 2.79. The molecule has 0 bridgehead atoms. The van der Waals surface area contributed by atoms with Crippen molar-refractivity contribution < 1.29 is 33.3 Å². The number of hydrogen-bond donors (Lipinski definition) is 0. The van der Waals surface area contributed by atoms with E-state index in [9.17, 15) is 10.1 Å². The fourth-order valence-electron chi connectivity index (χ4n) is 3.55. The van der Waals surface area contributed by atoms with E-state index >= 15 is 0 Å². The van der Waals surface area contributed by atoms with Crippen LogP contribution in [0.3, 0.4) is 0 Å². The molecule has 0 aromatic heterocycles. The highest BCUT2D eigenvalue weighted by Gasteiger charge is 2.48. The van der Waals surface area contributed by atoms with Crippen LogP contribution in [-0.2, 0) is 30.3 Å². The van der Waals surface area contributed by atoms with Crippen LogP contribution < -0.4 is 4.74 Å². The van der Waals surface area contributed by atoms with Crippen LogP contribution in [0.4, 0.5) is 5.69 Å². The van der Waals surface area contributed by atoms with Crippen LogP contribution in [0.2, 0.25) is 0 Å². The third kappa shape index (κ3) is 5.78. The number of hydrogen-bond acceptors (Lipinski definition) is 8. The minimum absolute atomic E-state index is 0.0275. The van der Waals surface area contributed by atoms with Crippen LogP contribution in [0, 0.1) is 10.1 Å². The van der Waals surface area contributed by atoms with Gasteiger partial charge in [0.2, 0.25) is 6.29 Å². The number of ether oxygens (including phenoxy) is 6. The molecule has 2 aromatic carbocycles. The van der Waals surface area contributed by atoms with E-state index in [4.69, 9.17) is 28.4 Å². The Balaban J connectivity index is 1.83. The quantitative estimate of drug-likeness (QED) is 0.417. The maximum atomic E-state index is 10.9. The van der Waals surface area contributed by atoms with Crippen LogP contribution in [0.1, 0.15) is 5.56 Å². The Morgan fingerprint density at radius 1 is 0.935 bits per heavy atom. The number of rotatable bonds is 10. The lowest BCUT2D eigenvalue weighted by Gasteiger charge is -2.44. The Bertz CT molecular complexity index is 816. The monoisotopic (exact) mass is 433 g/mol. The minimum Gasteiger partial charge on any atom is -0.462 e. The molecule has 0 amide bonds. The third-order valence-electron chi connectivity index (χ3n) is 5.05. The van der Waals surface area contributed by atoms with Gasteiger partial charge in [0.1, 0.15) is 30.2 Å². The lowest BCUT2D eigenvalue weighted by Crippen LogP contribution is -2.62. The topological polar surface area (TPSA) is 98.5 Å². The van der Waals surface area contributed by atoms with Crippen molar-refractivity contribution in [2.24, 2.45) is 0 Å². The second kappa shape index (κ2) is 11.2. The molecule has 0 spiro atoms. The Labute approximate surface area is 180 Å². The first kappa shape index (κ1) is 23.1. The van der Waals surface area contributed by atoms with Crippen molar-refractivity contribution >= 4 is 5.69 Å². The zero-order valence-electron chi connectivity index (χ0n) is 17.7. The molecule has 3 rings (SSSR count). The van der Waals surface area contributed by atoms with E-state index in [-0.39, 0.29) is 12.3 Å². The molecule has 1 heterocycles. The van der Waals surface area contributed by atoms with Gasteiger partial charge in [-0.15, -0.1) is 0 Å². The van der Waals surface area contributed by atoms with Gasteiger partial charge in [0.05, 0.1) is 18.1 Å². The fourth-order valence-corrected chi connectivity index (χ4v) is 3.55. The highest BCUT2D eigenvalue weighted by molar-refractivity contribution is 5.36. The highest BCUT2D eigenvalue weighted by atomic mass is 16.7. The first-order valence-electron chi connectivity index (χ1n) is 9.84. The zero-order chi connectivity index (χ0) is 22.2. The van der Waals surface area contributed by atoms with E-state index in [0.29, 0.717) is 12.4 Å². The molecule has 2 aromatic rings. The summed E-state index contributed by atoms with van der Waals surface area (Å²) >= 11 is 0. The summed E-state index contributed by atoms with van der Waals surface area (Å²) in [6, 6.07) is 15.5. The van der Waals surface area contributed by atoms with Crippen LogP contribution in [0.5, 0.6) is 5.75 Å². The Morgan fingerprint density at radius 2 is 1.61 bits per heavy atom. The van der Waals surface area contributed by atoms with Gasteiger partial charge in [-0.2, -0.15) is 0 Å². The third-order valence-corrected chi connectivity index (χ3v) is 5.05. The van der Waals surface area contributed by atoms with Crippen LogP contribution in [-0.4, -0.2) is 63.6 Å². The van der Waals surface area contributed by atoms with Crippen LogP contribution in [0.15, 0.2) is 54.6 Å². The highest BCUT2D eigenvalue weighted by Crippen LogP contribution is 2.30. The molecular formula is C22H27NO8. The van der Waals surface area contributed by atoms with E-state index in [0.717, 1.165) is 5.56 Å². The first-order chi connectivity index (χ1) is 15.1. The van der Waals surface area contributed by atoms with Crippen molar-refractivity contribution in [3.05, 3.63) is 70.3 Å². The summed E-state index contributed by atoms with van der Waals surface area (Å²) < 4.78 is 35.0. The van der Waals surface area contributed by atoms with Crippen molar-refractivity contribution in [3.8, 4) is 5.75 Å². The van der Waals surface area contributed by atoms with Gasteiger partial charge in [0.25, 0.3) is 5.69 Å². The van der Waals surface area contributed by atoms with Gasteiger partial charge >= 0.3 is 0 Å². The van der Waals surface area contributed by atoms with Gasteiger partial charge in [0.15, 0.2) is 0 Å². The van der Waals surface area contributed by atoms with E-state index in [1.807, 2.05) is 30.3 Å². The van der Waals surface area contributed by atoms with Crippen molar-refractivity contribution in [2.45, 2.75) is 37.3 Å². The smallest absolute Gasteiger partial charge is 0.269 e. The molecule has 31 heavy (non-hydrogen) atoms. The van der Waals surface area contributed by atoms with E-state index in [1.165, 1.54) is 24.3 Å². The van der Waals surface area contributed by atoms with Gasteiger partial charge in [-0.05, 0) is 17.7 Å². The molecule has 0 N–H and O–H groups in total. The normalized spacial score (nSPS) is 25.8. The molecule has 0 unspecified atom stereocenters. The lowest BCUT2D eigenvalue weighted by atomic mass is 9.98. The van der Waals surface area contributed by atoms with E-state index < -0.39 is 35.6 Å². The summed E-state index contributed by atoms with van der Waals surface area (Å²) in [6.07, 6.45) is -2.87. The van der Waals surface area contributed by atoms with Crippen molar-refractivity contribution in [2.75, 3.05) is 27.9 Å². The zero-order valence-corrected chi connectivity index (χ0v) is 17.7. The molecular weight excluding hydrogens is 406 g/mol. The van der Waals surface area contributed by atoms with Gasteiger partial charge in [-0.3, -0.25) is 10.1 Å². The summed E-state index contributed by atoms with van der Waals surface area (Å²) in [5, 5.41) is 10.9. The molecule has 0 radical (unpaired) electrons. The number of nitrogens with zero attached hydrogens (tertiary/aromatic N) is 1. The second-order valence-corrected chi connectivity index (χ2v) is 7.03. The molecule has 1 aliphatic rings. The Morgan fingerprint density at radius 3 is 2.19 bits per heavy atom. The SMILES string of the molecule is COC[C@H]1O[C@H](Oc2ccc([N+](=O)[O-])cc2)[C@H](OCc2ccccc2)[C@@H](OC)[C@H]1OC. The number of nitro groups is 1. The summed E-state index contributed by atoms with van der Waals surface area (Å²) in [5.41, 5.74) is 0.958. The van der Waals surface area contributed by atoms with E-state index in [2.05, 4.69) is 0 Å². The molecule has 1 fully saturated rings. The molecule has 5 atom stereocenters. The van der Waals surface area contributed by atoms with Gasteiger partial charge in [-0.1, -0.05) is 30.3 Å². The number of methoxy groups -OCH3 is 3. The van der Waals surface area contributed by atoms with Gasteiger partial charge in [-0.25, -0.2) is 0 Å². The number of non-ortho nitro benzene ring substituents is 1. The molecule has 0 aliphatic carbocycles. The summed E-state index contributed by atoms with van der Waals surface area (Å²) in [7, 11) is 4.73. The fraction of sp³-hybridized carbons (Fsp3) is 0.455. The Kier molecular flexibility index (Phi) is 8.33. The summed E-state index contributed by atoms with van der Waals surface area (Å²) in [4.78, 5) is 10.4. The molecule has 1 saturated heterocycles. The molecule has 168 valence electrons. The number of benzene rings is 2. The van der Waals surface area contributed by atoms with Crippen molar-refractivity contribution in [1.82, 2.24) is 0 Å². The molecule has 9 nitrogen and oxygen atoms in total. The van der Waals surface area contributed by atoms with Gasteiger partial charge in [0, 0.05) is 33.5 Å². The summed E-state index contributed by atoms with van der Waals surface area (Å²) in [5.74, 6) is 0.408. The van der Waals surface area contributed by atoms with Gasteiger partial charge < -0.3 is 28.4 Å². The largest absolute Gasteiger partial charge is 0.462 e. The lowest BCUT2D eigenvalue weighted by molar-refractivity contribution is -0.384. The molecule has 1 aliphatic heterocycles. The molecule has 0 saturated carbocycles. The second-order valence-electron chi connectivity index (χ2n) is 7.03. The first-order valence-corrected chi connectivity index (χ1v) is 9.84. The van der Waals surface area contributed by atoms with Crippen LogP contribution >= 0.6 is 0 Å². The van der Waals surface area contributed by atoms with Crippen LogP contribution in [0.25, 0.3) is 0 Å². The maximum Gasteiger partial charge on any atom is 0.269 e. The van der Waals surface area contributed by atoms with E-state index in [1.54, 1.807) is 21.3 Å². The number of nitro benzene ring substituents is 1. The van der Waals surface area contributed by atoms with Crippen molar-refractivity contribution in [1.29, 1.82) is 0 Å². The predicted octanol–water partition coefficient (Wildman–Crippen LogP) is 2.96. The maximum absolute atomic E-state index is 10.9. The Hall–Kier alpha value is -2.56. The average molecular weight is 433 g/mol.